The number of nitrogens with zero attached hydrogens (tertiary/aromatic N) is 5. The SMILES string of the molecule is Cc1ccc2c(n1)OCCN2C(=O)c1cc(C)nc2c1c(C)nn2C. The van der Waals surface area contributed by atoms with Gasteiger partial charge in [-0.3, -0.25) is 9.48 Å². The van der Waals surface area contributed by atoms with Gasteiger partial charge in [0.2, 0.25) is 5.88 Å². The first-order chi connectivity index (χ1) is 12.0. The third kappa shape index (κ3) is 2.43. The highest BCUT2D eigenvalue weighted by Crippen LogP contribution is 2.32. The van der Waals surface area contributed by atoms with Crippen molar-refractivity contribution in [1.29, 1.82) is 0 Å². The van der Waals surface area contributed by atoms with Crippen LogP contribution in [0, 0.1) is 20.8 Å². The second-order valence-corrected chi connectivity index (χ2v) is 6.30. The van der Waals surface area contributed by atoms with Crippen molar-refractivity contribution in [3.05, 3.63) is 40.8 Å². The molecule has 0 unspecified atom stereocenters. The molecule has 25 heavy (non-hydrogen) atoms. The van der Waals surface area contributed by atoms with Gasteiger partial charge in [-0.05, 0) is 39.0 Å². The minimum Gasteiger partial charge on any atom is -0.474 e. The highest BCUT2D eigenvalue weighted by molar-refractivity contribution is 6.14. The Morgan fingerprint density at radius 2 is 1.96 bits per heavy atom. The Hall–Kier alpha value is -2.96. The van der Waals surface area contributed by atoms with Gasteiger partial charge in [-0.25, -0.2) is 9.97 Å². The number of anilines is 1. The standard InChI is InChI=1S/C18H19N5O2/c1-10-5-6-14-17(20-10)25-8-7-23(14)18(24)13-9-11(2)19-16-15(13)12(3)21-22(16)4/h5-6,9H,7-8H2,1-4H3. The number of aryl methyl sites for hydroxylation is 4. The van der Waals surface area contributed by atoms with E-state index in [0.717, 1.165) is 28.1 Å². The highest BCUT2D eigenvalue weighted by atomic mass is 16.5. The van der Waals surface area contributed by atoms with Crippen LogP contribution in [0.15, 0.2) is 18.2 Å². The molecule has 0 N–H and O–H groups in total. The molecule has 0 aromatic carbocycles. The van der Waals surface area contributed by atoms with Crippen LogP contribution in [-0.2, 0) is 7.05 Å². The van der Waals surface area contributed by atoms with Gasteiger partial charge in [0.1, 0.15) is 12.3 Å². The van der Waals surface area contributed by atoms with Gasteiger partial charge >= 0.3 is 0 Å². The zero-order chi connectivity index (χ0) is 17.7. The summed E-state index contributed by atoms with van der Waals surface area (Å²) in [5.41, 5.74) is 4.47. The van der Waals surface area contributed by atoms with Crippen LogP contribution in [0.4, 0.5) is 5.69 Å². The number of aromatic nitrogens is 4. The molecule has 0 saturated carbocycles. The third-order valence-corrected chi connectivity index (χ3v) is 4.40. The molecule has 1 aliphatic heterocycles. The highest BCUT2D eigenvalue weighted by Gasteiger charge is 2.28. The maximum atomic E-state index is 13.4. The van der Waals surface area contributed by atoms with E-state index in [1.165, 1.54) is 0 Å². The van der Waals surface area contributed by atoms with Crippen molar-refractivity contribution in [2.24, 2.45) is 7.05 Å². The average molecular weight is 337 g/mol. The predicted molar refractivity (Wildman–Crippen MR) is 94.1 cm³/mol. The fourth-order valence-electron chi connectivity index (χ4n) is 3.29. The molecule has 1 aliphatic rings. The molecule has 128 valence electrons. The fraction of sp³-hybridized carbons (Fsp3) is 0.333. The summed E-state index contributed by atoms with van der Waals surface area (Å²) < 4.78 is 7.34. The zero-order valence-corrected chi connectivity index (χ0v) is 14.7. The molecule has 4 rings (SSSR count). The number of pyridine rings is 2. The van der Waals surface area contributed by atoms with Gasteiger partial charge in [0, 0.05) is 18.4 Å². The lowest BCUT2D eigenvalue weighted by atomic mass is 10.1. The summed E-state index contributed by atoms with van der Waals surface area (Å²) in [6, 6.07) is 5.60. The van der Waals surface area contributed by atoms with Gasteiger partial charge in [-0.15, -0.1) is 0 Å². The lowest BCUT2D eigenvalue weighted by Gasteiger charge is -2.29. The van der Waals surface area contributed by atoms with Crippen molar-refractivity contribution in [2.75, 3.05) is 18.1 Å². The molecule has 1 amide bonds. The summed E-state index contributed by atoms with van der Waals surface area (Å²) in [5, 5.41) is 5.22. The van der Waals surface area contributed by atoms with Gasteiger partial charge in [0.05, 0.1) is 23.2 Å². The van der Waals surface area contributed by atoms with E-state index in [4.69, 9.17) is 4.74 Å². The second kappa shape index (κ2) is 5.54. The Morgan fingerprint density at radius 3 is 2.76 bits per heavy atom. The molecule has 0 atom stereocenters. The van der Waals surface area contributed by atoms with Crippen LogP contribution in [0.3, 0.4) is 0 Å². The number of hydrogen-bond acceptors (Lipinski definition) is 5. The summed E-state index contributed by atoms with van der Waals surface area (Å²) in [6.45, 7) is 6.59. The molecule has 7 heteroatoms. The molecule has 3 aromatic heterocycles. The lowest BCUT2D eigenvalue weighted by Crippen LogP contribution is -2.38. The first kappa shape index (κ1) is 15.6. The lowest BCUT2D eigenvalue weighted by molar-refractivity contribution is 0.0977. The van der Waals surface area contributed by atoms with Gasteiger partial charge < -0.3 is 9.64 Å². The number of carbonyl (C=O) groups excluding carboxylic acids is 1. The molecule has 0 aliphatic carbocycles. The Morgan fingerprint density at radius 1 is 1.16 bits per heavy atom. The third-order valence-electron chi connectivity index (χ3n) is 4.40. The van der Waals surface area contributed by atoms with Crippen molar-refractivity contribution in [3.63, 3.8) is 0 Å². The van der Waals surface area contributed by atoms with Crippen LogP contribution in [0.2, 0.25) is 0 Å². The number of fused-ring (bicyclic) bond motifs is 2. The van der Waals surface area contributed by atoms with E-state index in [2.05, 4.69) is 15.1 Å². The molecule has 0 spiro atoms. The average Bonchev–Trinajstić information content (AvgIpc) is 2.86. The minimum atomic E-state index is -0.0817. The van der Waals surface area contributed by atoms with Crippen molar-refractivity contribution in [2.45, 2.75) is 20.8 Å². The number of hydrogen-bond donors (Lipinski definition) is 0. The number of ether oxygens (including phenoxy) is 1. The van der Waals surface area contributed by atoms with Gasteiger partial charge in [-0.2, -0.15) is 5.10 Å². The van der Waals surface area contributed by atoms with Gasteiger partial charge in [0.25, 0.3) is 5.91 Å². The fourth-order valence-corrected chi connectivity index (χ4v) is 3.29. The normalized spacial score (nSPS) is 13.7. The number of rotatable bonds is 1. The van der Waals surface area contributed by atoms with Crippen molar-refractivity contribution >= 4 is 22.6 Å². The molecule has 0 bridgehead atoms. The predicted octanol–water partition coefficient (Wildman–Crippen LogP) is 2.33. The monoisotopic (exact) mass is 337 g/mol. The summed E-state index contributed by atoms with van der Waals surface area (Å²) in [6.07, 6.45) is 0. The Kier molecular flexibility index (Phi) is 3.45. The summed E-state index contributed by atoms with van der Waals surface area (Å²) in [7, 11) is 1.84. The maximum Gasteiger partial charge on any atom is 0.259 e. The molecule has 3 aromatic rings. The summed E-state index contributed by atoms with van der Waals surface area (Å²) >= 11 is 0. The van der Waals surface area contributed by atoms with Crippen LogP contribution >= 0.6 is 0 Å². The number of carbonyl (C=O) groups is 1. The molecule has 0 fully saturated rings. The Bertz CT molecular complexity index is 1010. The van der Waals surface area contributed by atoms with E-state index in [9.17, 15) is 4.79 Å². The van der Waals surface area contributed by atoms with E-state index in [0.29, 0.717) is 30.3 Å². The Labute approximate surface area is 145 Å². The van der Waals surface area contributed by atoms with Crippen LogP contribution in [0.25, 0.3) is 11.0 Å². The van der Waals surface area contributed by atoms with Crippen LogP contribution < -0.4 is 9.64 Å². The zero-order valence-electron chi connectivity index (χ0n) is 14.7. The van der Waals surface area contributed by atoms with Gasteiger partial charge in [-0.1, -0.05) is 0 Å². The van der Waals surface area contributed by atoms with Crippen LogP contribution in [-0.4, -0.2) is 38.8 Å². The van der Waals surface area contributed by atoms with Crippen molar-refractivity contribution in [1.82, 2.24) is 19.7 Å². The summed E-state index contributed by atoms with van der Waals surface area (Å²) in [5.74, 6) is 0.423. The van der Waals surface area contributed by atoms with E-state index < -0.39 is 0 Å². The Balaban J connectivity index is 1.87. The molecule has 0 radical (unpaired) electrons. The van der Waals surface area contributed by atoms with Crippen LogP contribution in [0.5, 0.6) is 5.88 Å². The molecular weight excluding hydrogens is 318 g/mol. The number of amides is 1. The minimum absolute atomic E-state index is 0.0817. The first-order valence-electron chi connectivity index (χ1n) is 8.19. The molecular formula is C18H19N5O2. The van der Waals surface area contributed by atoms with Crippen molar-refractivity contribution < 1.29 is 9.53 Å². The van der Waals surface area contributed by atoms with E-state index in [1.54, 1.807) is 9.58 Å². The van der Waals surface area contributed by atoms with E-state index in [-0.39, 0.29) is 5.91 Å². The van der Waals surface area contributed by atoms with E-state index in [1.807, 2.05) is 46.0 Å². The largest absolute Gasteiger partial charge is 0.474 e. The topological polar surface area (TPSA) is 73.1 Å². The molecule has 0 saturated heterocycles. The van der Waals surface area contributed by atoms with Crippen molar-refractivity contribution in [3.8, 4) is 5.88 Å². The summed E-state index contributed by atoms with van der Waals surface area (Å²) in [4.78, 5) is 24.0. The second-order valence-electron chi connectivity index (χ2n) is 6.30. The molecule has 7 nitrogen and oxygen atoms in total. The molecule has 4 heterocycles. The maximum absolute atomic E-state index is 13.4. The van der Waals surface area contributed by atoms with Gasteiger partial charge in [0.15, 0.2) is 5.65 Å². The van der Waals surface area contributed by atoms with E-state index >= 15 is 0 Å². The quantitative estimate of drug-likeness (QED) is 0.681. The first-order valence-corrected chi connectivity index (χ1v) is 8.19. The smallest absolute Gasteiger partial charge is 0.259 e. The van der Waals surface area contributed by atoms with Crippen LogP contribution in [0.1, 0.15) is 27.4 Å².